The minimum absolute atomic E-state index is 0.140. The minimum Gasteiger partial charge on any atom is -0.378 e. The molecule has 1 aromatic carbocycles. The number of hydrogen-bond acceptors (Lipinski definition) is 6. The van der Waals surface area contributed by atoms with Crippen LogP contribution in [0.4, 0.5) is 11.6 Å². The predicted molar refractivity (Wildman–Crippen MR) is 94.8 cm³/mol. The zero-order valence-corrected chi connectivity index (χ0v) is 13.8. The van der Waals surface area contributed by atoms with Crippen LogP contribution in [0, 0.1) is 0 Å². The molecule has 6 nitrogen and oxygen atoms in total. The van der Waals surface area contributed by atoms with E-state index in [1.54, 1.807) is 12.4 Å². The number of fused-ring (bicyclic) bond motifs is 1. The van der Waals surface area contributed by atoms with Gasteiger partial charge in [-0.1, -0.05) is 18.2 Å². The van der Waals surface area contributed by atoms with Crippen LogP contribution in [0.25, 0.3) is 10.1 Å². The second-order valence-corrected chi connectivity index (χ2v) is 6.56. The maximum atomic E-state index is 12.4. The molecule has 0 unspecified atom stereocenters. The quantitative estimate of drug-likeness (QED) is 0.794. The van der Waals surface area contributed by atoms with Gasteiger partial charge >= 0.3 is 0 Å². The van der Waals surface area contributed by atoms with Crippen molar-refractivity contribution >= 4 is 39.0 Å². The molecule has 0 radical (unpaired) electrons. The molecule has 1 aliphatic heterocycles. The van der Waals surface area contributed by atoms with Crippen molar-refractivity contribution in [1.82, 2.24) is 9.97 Å². The number of nitrogens with zero attached hydrogens (tertiary/aromatic N) is 3. The van der Waals surface area contributed by atoms with Crippen LogP contribution in [0.1, 0.15) is 9.67 Å². The summed E-state index contributed by atoms with van der Waals surface area (Å²) < 4.78 is 6.42. The van der Waals surface area contributed by atoms with Gasteiger partial charge in [0.15, 0.2) is 0 Å². The molecule has 0 saturated carbocycles. The van der Waals surface area contributed by atoms with Crippen LogP contribution in [-0.4, -0.2) is 42.2 Å². The van der Waals surface area contributed by atoms with Gasteiger partial charge in [-0.3, -0.25) is 4.79 Å². The lowest BCUT2D eigenvalue weighted by Crippen LogP contribution is -2.37. The summed E-state index contributed by atoms with van der Waals surface area (Å²) in [5, 5.41) is 3.93. The Morgan fingerprint density at radius 1 is 1.17 bits per heavy atom. The second-order valence-electron chi connectivity index (χ2n) is 5.47. The first-order valence-electron chi connectivity index (χ1n) is 7.74. The fourth-order valence-corrected chi connectivity index (χ4v) is 3.56. The molecule has 0 atom stereocenters. The average Bonchev–Trinajstić information content (AvgIpc) is 3.07. The number of morpholine rings is 1. The summed E-state index contributed by atoms with van der Waals surface area (Å²) in [7, 11) is 0. The van der Waals surface area contributed by atoms with Crippen LogP contribution >= 0.6 is 11.3 Å². The van der Waals surface area contributed by atoms with Crippen molar-refractivity contribution in [2.75, 3.05) is 36.5 Å². The molecule has 3 heterocycles. The summed E-state index contributed by atoms with van der Waals surface area (Å²) in [5.41, 5.74) is 0.592. The van der Waals surface area contributed by atoms with Crippen molar-refractivity contribution in [3.63, 3.8) is 0 Å². The van der Waals surface area contributed by atoms with E-state index in [1.165, 1.54) is 11.3 Å². The lowest BCUT2D eigenvalue weighted by Gasteiger charge is -2.26. The fraction of sp³-hybridized carbons (Fsp3) is 0.235. The van der Waals surface area contributed by atoms with Gasteiger partial charge in [0.2, 0.25) is 5.95 Å². The summed E-state index contributed by atoms with van der Waals surface area (Å²) in [6, 6.07) is 9.85. The Balaban J connectivity index is 1.47. The predicted octanol–water partition coefficient (Wildman–Crippen LogP) is 2.78. The standard InChI is InChI=1S/C17H16N4O2S/c22-16(15-9-12-3-1-2-4-14(12)24-15)20-13-10-18-17(19-11-13)21-5-7-23-8-6-21/h1-4,9-11H,5-8H2,(H,20,22). The molecule has 4 rings (SSSR count). The Hall–Kier alpha value is -2.51. The Morgan fingerprint density at radius 3 is 2.67 bits per heavy atom. The van der Waals surface area contributed by atoms with Crippen molar-refractivity contribution < 1.29 is 9.53 Å². The van der Waals surface area contributed by atoms with Gasteiger partial charge in [0.1, 0.15) is 0 Å². The van der Waals surface area contributed by atoms with Gasteiger partial charge in [0.05, 0.1) is 36.2 Å². The van der Waals surface area contributed by atoms with Crippen molar-refractivity contribution in [2.24, 2.45) is 0 Å². The molecule has 1 N–H and O–H groups in total. The van der Waals surface area contributed by atoms with Gasteiger partial charge in [0.25, 0.3) is 5.91 Å². The Kier molecular flexibility index (Phi) is 4.10. The van der Waals surface area contributed by atoms with Crippen LogP contribution in [0.3, 0.4) is 0 Å². The highest BCUT2D eigenvalue weighted by Gasteiger charge is 2.14. The number of hydrogen-bond donors (Lipinski definition) is 1. The van der Waals surface area contributed by atoms with Crippen LogP contribution < -0.4 is 10.2 Å². The third-order valence-corrected chi connectivity index (χ3v) is 4.95. The summed E-state index contributed by atoms with van der Waals surface area (Å²) in [4.78, 5) is 23.8. The van der Waals surface area contributed by atoms with E-state index in [0.717, 1.165) is 23.2 Å². The number of nitrogens with one attached hydrogen (secondary N) is 1. The smallest absolute Gasteiger partial charge is 0.265 e. The van der Waals surface area contributed by atoms with Gasteiger partial charge in [-0.2, -0.15) is 0 Å². The Morgan fingerprint density at radius 2 is 1.92 bits per heavy atom. The molecule has 1 fully saturated rings. The van der Waals surface area contributed by atoms with E-state index in [2.05, 4.69) is 20.2 Å². The monoisotopic (exact) mass is 340 g/mol. The van der Waals surface area contributed by atoms with E-state index in [0.29, 0.717) is 29.7 Å². The molecular weight excluding hydrogens is 324 g/mol. The number of amides is 1. The van der Waals surface area contributed by atoms with E-state index >= 15 is 0 Å². The molecule has 0 bridgehead atoms. The highest BCUT2D eigenvalue weighted by Crippen LogP contribution is 2.26. The third kappa shape index (κ3) is 3.08. The first kappa shape index (κ1) is 15.0. The number of anilines is 2. The molecule has 1 aliphatic rings. The Bertz CT molecular complexity index is 823. The van der Waals surface area contributed by atoms with Crippen LogP contribution in [0.5, 0.6) is 0 Å². The first-order valence-corrected chi connectivity index (χ1v) is 8.56. The van der Waals surface area contributed by atoms with Crippen molar-refractivity contribution in [2.45, 2.75) is 0 Å². The van der Waals surface area contributed by atoms with Gasteiger partial charge < -0.3 is 15.0 Å². The van der Waals surface area contributed by atoms with Crippen molar-refractivity contribution in [3.8, 4) is 0 Å². The molecule has 122 valence electrons. The highest BCUT2D eigenvalue weighted by atomic mass is 32.1. The normalized spacial score (nSPS) is 14.8. The third-order valence-electron chi connectivity index (χ3n) is 3.84. The summed E-state index contributed by atoms with van der Waals surface area (Å²) in [5.74, 6) is 0.525. The lowest BCUT2D eigenvalue weighted by atomic mass is 10.2. The molecule has 24 heavy (non-hydrogen) atoms. The number of benzene rings is 1. The van der Waals surface area contributed by atoms with Gasteiger partial charge in [0, 0.05) is 17.8 Å². The maximum absolute atomic E-state index is 12.4. The minimum atomic E-state index is -0.140. The highest BCUT2D eigenvalue weighted by molar-refractivity contribution is 7.20. The number of ether oxygens (including phenoxy) is 1. The Labute approximate surface area is 143 Å². The number of carbonyl (C=O) groups is 1. The number of thiophene rings is 1. The van der Waals surface area contributed by atoms with E-state index in [-0.39, 0.29) is 5.91 Å². The summed E-state index contributed by atoms with van der Waals surface area (Å²) >= 11 is 1.48. The van der Waals surface area contributed by atoms with Crippen molar-refractivity contribution in [3.05, 3.63) is 47.6 Å². The van der Waals surface area contributed by atoms with Gasteiger partial charge in [-0.25, -0.2) is 9.97 Å². The lowest BCUT2D eigenvalue weighted by molar-refractivity contribution is 0.103. The molecule has 3 aromatic rings. The molecule has 2 aromatic heterocycles. The molecule has 0 aliphatic carbocycles. The van der Waals surface area contributed by atoms with E-state index in [9.17, 15) is 4.79 Å². The second kappa shape index (κ2) is 6.54. The largest absolute Gasteiger partial charge is 0.378 e. The number of aromatic nitrogens is 2. The molecule has 0 spiro atoms. The fourth-order valence-electron chi connectivity index (χ4n) is 2.60. The summed E-state index contributed by atoms with van der Waals surface area (Å²) in [6.45, 7) is 2.95. The first-order chi connectivity index (χ1) is 11.8. The van der Waals surface area contributed by atoms with Crippen molar-refractivity contribution in [1.29, 1.82) is 0 Å². The zero-order valence-electron chi connectivity index (χ0n) is 12.9. The summed E-state index contributed by atoms with van der Waals surface area (Å²) in [6.07, 6.45) is 3.28. The van der Waals surface area contributed by atoms with Gasteiger partial charge in [-0.05, 0) is 17.5 Å². The molecule has 7 heteroatoms. The van der Waals surface area contributed by atoms with Crippen LogP contribution in [-0.2, 0) is 4.74 Å². The molecular formula is C17H16N4O2S. The van der Waals surface area contributed by atoms with Crippen LogP contribution in [0.2, 0.25) is 0 Å². The zero-order chi connectivity index (χ0) is 16.4. The number of rotatable bonds is 3. The van der Waals surface area contributed by atoms with E-state index < -0.39 is 0 Å². The molecule has 1 saturated heterocycles. The maximum Gasteiger partial charge on any atom is 0.265 e. The van der Waals surface area contributed by atoms with E-state index in [1.807, 2.05) is 30.3 Å². The van der Waals surface area contributed by atoms with E-state index in [4.69, 9.17) is 4.74 Å². The van der Waals surface area contributed by atoms with Crippen LogP contribution in [0.15, 0.2) is 42.7 Å². The SMILES string of the molecule is O=C(Nc1cnc(N2CCOCC2)nc1)c1cc2ccccc2s1. The van der Waals surface area contributed by atoms with Gasteiger partial charge in [-0.15, -0.1) is 11.3 Å². The molecule has 1 amide bonds. The average molecular weight is 340 g/mol. The number of carbonyl (C=O) groups excluding carboxylic acids is 1. The topological polar surface area (TPSA) is 67.4 Å².